The fourth-order valence-corrected chi connectivity index (χ4v) is 5.19. The van der Waals surface area contributed by atoms with Crippen molar-refractivity contribution < 1.29 is 22.8 Å². The number of amides is 1. The van der Waals surface area contributed by atoms with Crippen LogP contribution in [0.2, 0.25) is 5.02 Å². The molecule has 0 bridgehead atoms. The van der Waals surface area contributed by atoms with Gasteiger partial charge in [-0.2, -0.15) is 0 Å². The van der Waals surface area contributed by atoms with Crippen LogP contribution < -0.4 is 4.31 Å². The Labute approximate surface area is 222 Å². The van der Waals surface area contributed by atoms with E-state index in [0.717, 1.165) is 14.9 Å². The van der Waals surface area contributed by atoms with Gasteiger partial charge in [-0.1, -0.05) is 60.0 Å². The minimum Gasteiger partial charge on any atom is -0.297 e. The predicted molar refractivity (Wildman–Crippen MR) is 144 cm³/mol. The summed E-state index contributed by atoms with van der Waals surface area (Å²) in [5.74, 6) is 4.30. The van der Waals surface area contributed by atoms with Crippen molar-refractivity contribution in [2.45, 2.75) is 25.2 Å². The van der Waals surface area contributed by atoms with Crippen molar-refractivity contribution in [2.75, 3.05) is 25.0 Å². The molecule has 0 N–H and O–H groups in total. The van der Waals surface area contributed by atoms with Gasteiger partial charge in [-0.15, -0.1) is 0 Å². The van der Waals surface area contributed by atoms with Gasteiger partial charge in [0.25, 0.3) is 10.0 Å². The quantitative estimate of drug-likeness (QED) is 0.315. The monoisotopic (exact) mass is 538 g/mol. The number of Topliss-reactive ketones (excluding diaryl/α,β-unsaturated/α-hetero) is 1. The second-order valence-corrected chi connectivity index (χ2v) is 10.7. The number of hydroxylamine groups is 2. The normalized spacial score (nSPS) is 10.8. The highest BCUT2D eigenvalue weighted by molar-refractivity contribution is 7.92. The third-order valence-corrected chi connectivity index (χ3v) is 7.91. The molecule has 0 aliphatic carbocycles. The van der Waals surface area contributed by atoms with Crippen molar-refractivity contribution in [3.63, 3.8) is 0 Å². The summed E-state index contributed by atoms with van der Waals surface area (Å²) >= 11 is 6.14. The molecule has 0 aliphatic rings. The van der Waals surface area contributed by atoms with Crippen LogP contribution in [0.25, 0.3) is 0 Å². The summed E-state index contributed by atoms with van der Waals surface area (Å²) in [6, 6.07) is 19.0. The summed E-state index contributed by atoms with van der Waals surface area (Å²) in [6.07, 6.45) is 0.190. The number of hydrogen-bond acceptors (Lipinski definition) is 5. The number of anilines is 1. The van der Waals surface area contributed by atoms with E-state index in [1.165, 1.54) is 20.2 Å². The second kappa shape index (κ2) is 12.1. The van der Waals surface area contributed by atoms with Crippen molar-refractivity contribution in [2.24, 2.45) is 0 Å². The highest BCUT2D eigenvalue weighted by Gasteiger charge is 2.25. The van der Waals surface area contributed by atoms with E-state index in [2.05, 4.69) is 11.8 Å². The molecule has 3 rings (SSSR count). The van der Waals surface area contributed by atoms with Crippen LogP contribution in [0.5, 0.6) is 0 Å². The van der Waals surface area contributed by atoms with Crippen LogP contribution >= 0.6 is 11.6 Å². The van der Waals surface area contributed by atoms with E-state index in [1.54, 1.807) is 44.2 Å². The van der Waals surface area contributed by atoms with Crippen LogP contribution in [0.15, 0.2) is 71.6 Å². The first-order valence-corrected chi connectivity index (χ1v) is 13.2. The van der Waals surface area contributed by atoms with Crippen LogP contribution in [0.1, 0.15) is 22.3 Å². The molecule has 3 aromatic carbocycles. The SMILES string of the molecule is Cc1cc(S(=O)(=O)N(C)c2ccccc2C#CC(=O)N(C)OCC(=O)Cc2ccccc2)c(C)cc1Cl. The molecule has 0 fully saturated rings. The number of carbonyl (C=O) groups is 2. The number of nitrogens with zero attached hydrogens (tertiary/aromatic N) is 2. The largest absolute Gasteiger partial charge is 0.322 e. The lowest BCUT2D eigenvalue weighted by molar-refractivity contribution is -0.174. The van der Waals surface area contributed by atoms with Crippen molar-refractivity contribution >= 4 is 39.0 Å². The average Bonchev–Trinajstić information content (AvgIpc) is 2.88. The fraction of sp³-hybridized carbons (Fsp3) is 0.214. The van der Waals surface area contributed by atoms with E-state index in [9.17, 15) is 18.0 Å². The van der Waals surface area contributed by atoms with Gasteiger partial charge in [-0.3, -0.25) is 18.7 Å². The molecule has 37 heavy (non-hydrogen) atoms. The van der Waals surface area contributed by atoms with Gasteiger partial charge in [0.2, 0.25) is 0 Å². The topological polar surface area (TPSA) is 84.0 Å². The molecule has 3 aromatic rings. The molecule has 0 heterocycles. The van der Waals surface area contributed by atoms with Crippen LogP contribution in [0, 0.1) is 25.7 Å². The Kier molecular flexibility index (Phi) is 9.11. The zero-order chi connectivity index (χ0) is 27.2. The maximum atomic E-state index is 13.4. The number of ketones is 1. The van der Waals surface area contributed by atoms with E-state index in [0.29, 0.717) is 27.4 Å². The van der Waals surface area contributed by atoms with Crippen LogP contribution in [-0.2, 0) is 30.9 Å². The van der Waals surface area contributed by atoms with Crippen LogP contribution in [0.4, 0.5) is 5.69 Å². The lowest BCUT2D eigenvalue weighted by atomic mass is 10.1. The molecule has 0 aromatic heterocycles. The van der Waals surface area contributed by atoms with E-state index < -0.39 is 15.9 Å². The first-order chi connectivity index (χ1) is 17.5. The van der Waals surface area contributed by atoms with Gasteiger partial charge in [-0.25, -0.2) is 13.5 Å². The third kappa shape index (κ3) is 6.98. The highest BCUT2D eigenvalue weighted by atomic mass is 35.5. The molecule has 1 amide bonds. The molecule has 0 radical (unpaired) electrons. The predicted octanol–water partition coefficient (Wildman–Crippen LogP) is 4.34. The standard InChI is InChI=1S/C28H27ClN2O5S/c1-20-17-27(21(2)16-25(20)29)37(34,35)31(4)26-13-9-8-12-23(26)14-15-28(33)30(3)36-19-24(32)18-22-10-6-5-7-11-22/h5-13,16-17H,18-19H2,1-4H3. The zero-order valence-corrected chi connectivity index (χ0v) is 22.6. The number of benzene rings is 3. The van der Waals surface area contributed by atoms with Crippen molar-refractivity contribution in [1.82, 2.24) is 5.06 Å². The van der Waals surface area contributed by atoms with Crippen molar-refractivity contribution in [3.8, 4) is 11.8 Å². The molecule has 0 saturated heterocycles. The molecule has 0 atom stereocenters. The van der Waals surface area contributed by atoms with Gasteiger partial charge < -0.3 is 0 Å². The minimum atomic E-state index is -3.93. The fourth-order valence-electron chi connectivity index (χ4n) is 3.46. The Morgan fingerprint density at radius 2 is 1.59 bits per heavy atom. The summed E-state index contributed by atoms with van der Waals surface area (Å²) in [7, 11) is -1.15. The first kappa shape index (κ1) is 27.9. The Balaban J connectivity index is 1.74. The Morgan fingerprint density at radius 3 is 2.30 bits per heavy atom. The van der Waals surface area contributed by atoms with E-state index in [4.69, 9.17) is 16.4 Å². The molecular weight excluding hydrogens is 512 g/mol. The summed E-state index contributed by atoms with van der Waals surface area (Å²) < 4.78 is 27.9. The molecule has 7 nitrogen and oxygen atoms in total. The van der Waals surface area contributed by atoms with E-state index in [-0.39, 0.29) is 23.7 Å². The molecule has 0 saturated carbocycles. The van der Waals surface area contributed by atoms with Gasteiger partial charge in [-0.05, 0) is 54.8 Å². The molecule has 0 aliphatic heterocycles. The summed E-state index contributed by atoms with van der Waals surface area (Å²) in [5, 5.41) is 1.37. The molecule has 0 spiro atoms. The summed E-state index contributed by atoms with van der Waals surface area (Å²) in [6.45, 7) is 3.13. The van der Waals surface area contributed by atoms with Gasteiger partial charge >= 0.3 is 5.91 Å². The second-order valence-electron chi connectivity index (χ2n) is 8.38. The van der Waals surface area contributed by atoms with Gasteiger partial charge in [0.15, 0.2) is 5.78 Å². The van der Waals surface area contributed by atoms with Gasteiger partial charge in [0, 0.05) is 37.0 Å². The number of rotatable bonds is 8. The number of aryl methyl sites for hydroxylation is 2. The Hall–Kier alpha value is -3.64. The molecular formula is C28H27ClN2O5S. The van der Waals surface area contributed by atoms with Gasteiger partial charge in [0.05, 0.1) is 10.6 Å². The average molecular weight is 539 g/mol. The van der Waals surface area contributed by atoms with Crippen LogP contribution in [-0.4, -0.2) is 45.9 Å². The van der Waals surface area contributed by atoms with E-state index >= 15 is 0 Å². The molecule has 9 heteroatoms. The Bertz CT molecular complexity index is 1480. The lowest BCUT2D eigenvalue weighted by Crippen LogP contribution is -2.29. The Morgan fingerprint density at radius 1 is 0.946 bits per heavy atom. The van der Waals surface area contributed by atoms with Crippen molar-refractivity contribution in [3.05, 3.63) is 94.0 Å². The maximum absolute atomic E-state index is 13.4. The molecule has 192 valence electrons. The van der Waals surface area contributed by atoms with Crippen molar-refractivity contribution in [1.29, 1.82) is 0 Å². The number of hydrogen-bond donors (Lipinski definition) is 0. The highest BCUT2D eigenvalue weighted by Crippen LogP contribution is 2.29. The zero-order valence-electron chi connectivity index (χ0n) is 21.0. The van der Waals surface area contributed by atoms with E-state index in [1.807, 2.05) is 30.3 Å². The lowest BCUT2D eigenvalue weighted by Gasteiger charge is -2.22. The number of carbonyl (C=O) groups excluding carboxylic acids is 2. The first-order valence-electron chi connectivity index (χ1n) is 11.3. The molecule has 0 unspecified atom stereocenters. The number of para-hydroxylation sites is 1. The number of sulfonamides is 1. The third-order valence-electron chi connectivity index (χ3n) is 5.59. The number of halogens is 1. The minimum absolute atomic E-state index is 0.129. The van der Waals surface area contributed by atoms with Gasteiger partial charge in [0.1, 0.15) is 6.61 Å². The maximum Gasteiger partial charge on any atom is 0.322 e. The summed E-state index contributed by atoms with van der Waals surface area (Å²) in [5.41, 5.74) is 2.64. The smallest absolute Gasteiger partial charge is 0.297 e. The summed E-state index contributed by atoms with van der Waals surface area (Å²) in [4.78, 5) is 30.0. The van der Waals surface area contributed by atoms with Crippen LogP contribution in [0.3, 0.4) is 0 Å².